The number of imidazole rings is 1. The average Bonchev–Trinajstić information content (AvgIpc) is 3.43. The number of H-pyrrole nitrogens is 1. The molecule has 0 spiro atoms. The van der Waals surface area contributed by atoms with Gasteiger partial charge in [-0.15, -0.1) is 0 Å². The van der Waals surface area contributed by atoms with Gasteiger partial charge in [-0.1, -0.05) is 43.7 Å². The van der Waals surface area contributed by atoms with E-state index in [1.807, 2.05) is 28.8 Å². The van der Waals surface area contributed by atoms with Crippen LogP contribution < -0.4 is 5.69 Å². The monoisotopic (exact) mass is 457 g/mol. The Hall–Kier alpha value is -3.12. The Morgan fingerprint density at radius 2 is 1.74 bits per heavy atom. The number of piperidine rings is 1. The molecule has 0 atom stereocenters. The van der Waals surface area contributed by atoms with Gasteiger partial charge in [0.1, 0.15) is 0 Å². The molecule has 0 unspecified atom stereocenters. The van der Waals surface area contributed by atoms with Crippen LogP contribution in [0.1, 0.15) is 56.5 Å². The van der Waals surface area contributed by atoms with Gasteiger partial charge in [-0.2, -0.15) is 5.10 Å². The zero-order valence-electron chi connectivity index (χ0n) is 20.1. The van der Waals surface area contributed by atoms with Gasteiger partial charge in [0.15, 0.2) is 0 Å². The number of nitrogens with one attached hydrogen (secondary N) is 1. The number of likely N-dealkylation sites (tertiary alicyclic amines) is 1. The van der Waals surface area contributed by atoms with E-state index in [-0.39, 0.29) is 5.69 Å². The summed E-state index contributed by atoms with van der Waals surface area (Å²) in [7, 11) is 0. The lowest BCUT2D eigenvalue weighted by molar-refractivity contribution is 0.184. The lowest BCUT2D eigenvalue weighted by Gasteiger charge is -2.32. The van der Waals surface area contributed by atoms with Crippen molar-refractivity contribution in [1.82, 2.24) is 24.2 Å². The summed E-state index contributed by atoms with van der Waals surface area (Å²) in [5.41, 5.74) is 5.64. The van der Waals surface area contributed by atoms with Crippen molar-refractivity contribution in [3.8, 4) is 5.69 Å². The fraction of sp³-hybridized carbons (Fsp3) is 0.429. The molecule has 1 saturated heterocycles. The van der Waals surface area contributed by atoms with E-state index in [2.05, 4.69) is 57.9 Å². The lowest BCUT2D eigenvalue weighted by atomic mass is 10.0. The Kier molecular flexibility index (Phi) is 6.95. The van der Waals surface area contributed by atoms with Crippen LogP contribution in [-0.2, 0) is 12.8 Å². The SMILES string of the molecule is CCCc1cc(CCCCN2CCC(n3c(=O)[nH]c4ccccc43)CC2)nn1-c1ccccc1. The molecule has 5 rings (SSSR count). The van der Waals surface area contributed by atoms with E-state index in [1.54, 1.807) is 0 Å². The Bertz CT molecular complexity index is 1260. The molecule has 178 valence electrons. The van der Waals surface area contributed by atoms with Crippen molar-refractivity contribution in [3.05, 3.63) is 82.5 Å². The minimum Gasteiger partial charge on any atom is -0.306 e. The molecule has 1 aliphatic heterocycles. The van der Waals surface area contributed by atoms with Crippen molar-refractivity contribution in [3.63, 3.8) is 0 Å². The van der Waals surface area contributed by atoms with Gasteiger partial charge in [-0.25, -0.2) is 9.48 Å². The lowest BCUT2D eigenvalue weighted by Crippen LogP contribution is -2.37. The molecule has 2 aromatic heterocycles. The van der Waals surface area contributed by atoms with Crippen LogP contribution in [0.25, 0.3) is 16.7 Å². The standard InChI is InChI=1S/C28H35N5O/c1-2-10-25-21-22(30-33(25)24-12-4-3-5-13-24)11-8-9-18-31-19-16-23(17-20-31)32-27-15-7-6-14-26(27)29-28(32)34/h3-7,12-15,21,23H,2,8-11,16-20H2,1H3,(H,29,34). The van der Waals surface area contributed by atoms with Gasteiger partial charge in [-0.05, 0) is 75.4 Å². The molecule has 0 amide bonds. The number of hydrogen-bond donors (Lipinski definition) is 1. The summed E-state index contributed by atoms with van der Waals surface area (Å²) < 4.78 is 4.10. The fourth-order valence-corrected chi connectivity index (χ4v) is 5.30. The minimum atomic E-state index is 0.0250. The molecule has 1 N–H and O–H groups in total. The van der Waals surface area contributed by atoms with E-state index in [0.717, 1.165) is 74.9 Å². The molecular weight excluding hydrogens is 422 g/mol. The second-order valence-corrected chi connectivity index (χ2v) is 9.47. The molecule has 6 nitrogen and oxygen atoms in total. The first-order valence-corrected chi connectivity index (χ1v) is 12.8. The smallest absolute Gasteiger partial charge is 0.306 e. The fourth-order valence-electron chi connectivity index (χ4n) is 5.30. The molecule has 0 radical (unpaired) electrons. The predicted molar refractivity (Wildman–Crippen MR) is 138 cm³/mol. The average molecular weight is 458 g/mol. The molecule has 0 aliphatic carbocycles. The highest BCUT2D eigenvalue weighted by Gasteiger charge is 2.23. The molecule has 2 aromatic carbocycles. The van der Waals surface area contributed by atoms with Crippen LogP contribution in [0.2, 0.25) is 0 Å². The molecule has 6 heteroatoms. The van der Waals surface area contributed by atoms with E-state index in [0.29, 0.717) is 6.04 Å². The minimum absolute atomic E-state index is 0.0250. The van der Waals surface area contributed by atoms with Crippen LogP contribution in [0.15, 0.2) is 65.5 Å². The molecule has 4 aromatic rings. The number of rotatable bonds is 9. The second-order valence-electron chi connectivity index (χ2n) is 9.47. The third-order valence-electron chi connectivity index (χ3n) is 7.04. The highest BCUT2D eigenvalue weighted by Crippen LogP contribution is 2.25. The van der Waals surface area contributed by atoms with Crippen LogP contribution >= 0.6 is 0 Å². The number of aromatic amines is 1. The summed E-state index contributed by atoms with van der Waals surface area (Å²) in [5.74, 6) is 0. The zero-order chi connectivity index (χ0) is 23.3. The quantitative estimate of drug-likeness (QED) is 0.355. The number of hydrogen-bond acceptors (Lipinski definition) is 3. The first-order chi connectivity index (χ1) is 16.7. The highest BCUT2D eigenvalue weighted by molar-refractivity contribution is 5.75. The summed E-state index contributed by atoms with van der Waals surface area (Å²) in [6, 6.07) is 21.1. The molecule has 3 heterocycles. The normalized spacial score (nSPS) is 15.3. The maximum Gasteiger partial charge on any atom is 0.326 e. The van der Waals surface area contributed by atoms with Gasteiger partial charge >= 0.3 is 5.69 Å². The summed E-state index contributed by atoms with van der Waals surface area (Å²) in [6.45, 7) is 5.45. The number of unbranched alkanes of at least 4 members (excludes halogenated alkanes) is 1. The van der Waals surface area contributed by atoms with Crippen molar-refractivity contribution in [2.24, 2.45) is 0 Å². The van der Waals surface area contributed by atoms with Crippen molar-refractivity contribution in [2.45, 2.75) is 57.9 Å². The van der Waals surface area contributed by atoms with E-state index in [4.69, 9.17) is 5.10 Å². The topological polar surface area (TPSA) is 58.9 Å². The first kappa shape index (κ1) is 22.7. The number of aromatic nitrogens is 4. The van der Waals surface area contributed by atoms with Crippen LogP contribution in [0.4, 0.5) is 0 Å². The van der Waals surface area contributed by atoms with Crippen LogP contribution in [-0.4, -0.2) is 43.9 Å². The summed E-state index contributed by atoms with van der Waals surface area (Å²) in [4.78, 5) is 18.1. The van der Waals surface area contributed by atoms with Gasteiger partial charge in [0, 0.05) is 24.8 Å². The molecular formula is C28H35N5O. The van der Waals surface area contributed by atoms with Crippen LogP contribution in [0.5, 0.6) is 0 Å². The number of aryl methyl sites for hydroxylation is 2. The molecule has 0 bridgehead atoms. The third kappa shape index (κ3) is 4.87. The Morgan fingerprint density at radius 3 is 2.53 bits per heavy atom. The van der Waals surface area contributed by atoms with Gasteiger partial charge in [0.2, 0.25) is 0 Å². The third-order valence-corrected chi connectivity index (χ3v) is 7.04. The summed E-state index contributed by atoms with van der Waals surface area (Å²) >= 11 is 0. The number of para-hydroxylation sites is 3. The number of benzene rings is 2. The molecule has 1 fully saturated rings. The summed E-state index contributed by atoms with van der Waals surface area (Å²) in [5, 5.41) is 4.92. The van der Waals surface area contributed by atoms with E-state index < -0.39 is 0 Å². The summed E-state index contributed by atoms with van der Waals surface area (Å²) in [6.07, 6.45) is 7.60. The van der Waals surface area contributed by atoms with E-state index in [1.165, 1.54) is 17.8 Å². The van der Waals surface area contributed by atoms with Crippen LogP contribution in [0.3, 0.4) is 0 Å². The zero-order valence-corrected chi connectivity index (χ0v) is 20.1. The van der Waals surface area contributed by atoms with Crippen molar-refractivity contribution < 1.29 is 0 Å². The van der Waals surface area contributed by atoms with E-state index >= 15 is 0 Å². The Labute approximate surface area is 201 Å². The van der Waals surface area contributed by atoms with Gasteiger partial charge in [0.25, 0.3) is 0 Å². The van der Waals surface area contributed by atoms with Crippen molar-refractivity contribution in [2.75, 3.05) is 19.6 Å². The maximum atomic E-state index is 12.5. The highest BCUT2D eigenvalue weighted by atomic mass is 16.1. The first-order valence-electron chi connectivity index (χ1n) is 12.8. The van der Waals surface area contributed by atoms with Crippen LogP contribution in [0, 0.1) is 0 Å². The Morgan fingerprint density at radius 1 is 0.971 bits per heavy atom. The van der Waals surface area contributed by atoms with Gasteiger partial charge in [-0.3, -0.25) is 4.57 Å². The van der Waals surface area contributed by atoms with Crippen molar-refractivity contribution >= 4 is 11.0 Å². The molecule has 0 saturated carbocycles. The van der Waals surface area contributed by atoms with Gasteiger partial charge < -0.3 is 9.88 Å². The predicted octanol–water partition coefficient (Wildman–Crippen LogP) is 5.13. The Balaban J connectivity index is 1.12. The largest absolute Gasteiger partial charge is 0.326 e. The molecule has 1 aliphatic rings. The maximum absolute atomic E-state index is 12.5. The molecule has 34 heavy (non-hydrogen) atoms. The van der Waals surface area contributed by atoms with Gasteiger partial charge in [0.05, 0.1) is 22.4 Å². The number of fused-ring (bicyclic) bond motifs is 1. The van der Waals surface area contributed by atoms with Crippen molar-refractivity contribution in [1.29, 1.82) is 0 Å². The number of nitrogens with zero attached hydrogens (tertiary/aromatic N) is 4. The second kappa shape index (κ2) is 10.4. The van der Waals surface area contributed by atoms with E-state index in [9.17, 15) is 4.79 Å².